The highest BCUT2D eigenvalue weighted by Crippen LogP contribution is 2.19. The quantitative estimate of drug-likeness (QED) is 0.640. The van der Waals surface area contributed by atoms with E-state index in [1.165, 1.54) is 12.4 Å². The van der Waals surface area contributed by atoms with E-state index in [0.29, 0.717) is 15.6 Å². The van der Waals surface area contributed by atoms with E-state index in [0.717, 1.165) is 0 Å². The van der Waals surface area contributed by atoms with Crippen LogP contribution in [0.4, 0.5) is 0 Å². The lowest BCUT2D eigenvalue weighted by Gasteiger charge is -2.03. The average Bonchev–Trinajstić information content (AvgIpc) is 2.55. The Kier molecular flexibility index (Phi) is 6.08. The molecule has 2 amide bonds. The molecule has 6 nitrogen and oxygen atoms in total. The molecule has 23 heavy (non-hydrogen) atoms. The molecule has 1 aromatic heterocycles. The van der Waals surface area contributed by atoms with Crippen molar-refractivity contribution in [3.63, 3.8) is 0 Å². The van der Waals surface area contributed by atoms with E-state index >= 15 is 0 Å². The van der Waals surface area contributed by atoms with Crippen molar-refractivity contribution in [2.75, 3.05) is 6.54 Å². The van der Waals surface area contributed by atoms with E-state index in [9.17, 15) is 9.59 Å². The van der Waals surface area contributed by atoms with Crippen molar-refractivity contribution in [3.8, 4) is 0 Å². The van der Waals surface area contributed by atoms with Crippen LogP contribution in [0.3, 0.4) is 0 Å². The minimum Gasteiger partial charge on any atom is -0.342 e. The number of carbonyl (C=O) groups excluding carboxylic acids is 2. The standard InChI is InChI=1S/C15H12Cl2N4O2/c16-11-5-4-10(12(17)7-11)8-20-21-14(22)9-19-15(23)13-3-1-2-6-18-13/h1-8H,9H2,(H,19,23)(H,21,22)/b20-8-. The van der Waals surface area contributed by atoms with Crippen molar-refractivity contribution in [1.82, 2.24) is 15.7 Å². The van der Waals surface area contributed by atoms with Gasteiger partial charge < -0.3 is 5.32 Å². The van der Waals surface area contributed by atoms with E-state index in [2.05, 4.69) is 20.8 Å². The van der Waals surface area contributed by atoms with Crippen LogP contribution in [0.15, 0.2) is 47.7 Å². The monoisotopic (exact) mass is 350 g/mol. The van der Waals surface area contributed by atoms with Gasteiger partial charge in [-0.2, -0.15) is 5.10 Å². The normalized spacial score (nSPS) is 10.5. The lowest BCUT2D eigenvalue weighted by atomic mass is 10.2. The molecule has 2 N–H and O–H groups in total. The van der Waals surface area contributed by atoms with Gasteiger partial charge in [-0.1, -0.05) is 35.3 Å². The number of nitrogens with one attached hydrogen (secondary N) is 2. The van der Waals surface area contributed by atoms with Gasteiger partial charge in [0.1, 0.15) is 5.69 Å². The smallest absolute Gasteiger partial charge is 0.270 e. The molecule has 2 aromatic rings. The molecule has 0 unspecified atom stereocenters. The maximum Gasteiger partial charge on any atom is 0.270 e. The second kappa shape index (κ2) is 8.26. The Morgan fingerprint density at radius 3 is 2.74 bits per heavy atom. The Morgan fingerprint density at radius 1 is 1.22 bits per heavy atom. The van der Waals surface area contributed by atoms with Crippen LogP contribution in [0.5, 0.6) is 0 Å². The molecular formula is C15H12Cl2N4O2. The maximum atomic E-state index is 11.7. The molecule has 0 aliphatic rings. The number of carbonyl (C=O) groups is 2. The number of halogens is 2. The van der Waals surface area contributed by atoms with E-state index in [-0.39, 0.29) is 12.2 Å². The Hall–Kier alpha value is -2.44. The fourth-order valence-electron chi connectivity index (χ4n) is 1.57. The van der Waals surface area contributed by atoms with Gasteiger partial charge in [-0.25, -0.2) is 5.43 Å². The summed E-state index contributed by atoms with van der Waals surface area (Å²) in [6.07, 6.45) is 2.88. The molecule has 0 spiro atoms. The van der Waals surface area contributed by atoms with Crippen molar-refractivity contribution >= 4 is 41.2 Å². The van der Waals surface area contributed by atoms with Crippen LogP contribution in [0.1, 0.15) is 16.1 Å². The molecule has 0 saturated heterocycles. The molecule has 8 heteroatoms. The van der Waals surface area contributed by atoms with Crippen LogP contribution in [0, 0.1) is 0 Å². The molecule has 0 bridgehead atoms. The molecule has 0 saturated carbocycles. The fraction of sp³-hybridized carbons (Fsp3) is 0.0667. The molecule has 1 aromatic carbocycles. The van der Waals surface area contributed by atoms with Crippen molar-refractivity contribution in [3.05, 3.63) is 63.9 Å². The van der Waals surface area contributed by atoms with Gasteiger partial charge in [0.05, 0.1) is 17.8 Å². The van der Waals surface area contributed by atoms with Crippen molar-refractivity contribution in [2.24, 2.45) is 5.10 Å². The fourth-order valence-corrected chi connectivity index (χ4v) is 2.03. The van der Waals surface area contributed by atoms with Gasteiger partial charge in [0.25, 0.3) is 11.8 Å². The second-order valence-corrected chi connectivity index (χ2v) is 5.20. The third-order valence-electron chi connectivity index (χ3n) is 2.66. The van der Waals surface area contributed by atoms with Crippen LogP contribution in [0.2, 0.25) is 10.0 Å². The molecule has 118 valence electrons. The molecular weight excluding hydrogens is 339 g/mol. The van der Waals surface area contributed by atoms with Gasteiger partial charge in [-0.3, -0.25) is 14.6 Å². The molecule has 0 aliphatic carbocycles. The summed E-state index contributed by atoms with van der Waals surface area (Å²) in [4.78, 5) is 27.2. The summed E-state index contributed by atoms with van der Waals surface area (Å²) < 4.78 is 0. The van der Waals surface area contributed by atoms with Gasteiger partial charge in [0.15, 0.2) is 0 Å². The third-order valence-corrected chi connectivity index (χ3v) is 3.22. The first kappa shape index (κ1) is 16.9. The lowest BCUT2D eigenvalue weighted by molar-refractivity contribution is -0.120. The first-order valence-corrected chi connectivity index (χ1v) is 7.28. The minimum atomic E-state index is -0.476. The highest BCUT2D eigenvalue weighted by molar-refractivity contribution is 6.36. The number of rotatable bonds is 5. The summed E-state index contributed by atoms with van der Waals surface area (Å²) in [6, 6.07) is 9.82. The molecule has 2 rings (SSSR count). The number of hydrogen-bond donors (Lipinski definition) is 2. The summed E-state index contributed by atoms with van der Waals surface area (Å²) in [7, 11) is 0. The van der Waals surface area contributed by atoms with Crippen LogP contribution in [0.25, 0.3) is 0 Å². The Labute approximate surface area is 142 Å². The van der Waals surface area contributed by atoms with Gasteiger partial charge >= 0.3 is 0 Å². The third kappa shape index (κ3) is 5.36. The largest absolute Gasteiger partial charge is 0.342 e. The Balaban J connectivity index is 1.81. The zero-order chi connectivity index (χ0) is 16.7. The molecule has 0 aliphatic heterocycles. The summed E-state index contributed by atoms with van der Waals surface area (Å²) >= 11 is 11.7. The van der Waals surface area contributed by atoms with E-state index < -0.39 is 11.8 Å². The van der Waals surface area contributed by atoms with E-state index in [1.54, 1.807) is 36.4 Å². The molecule has 0 fully saturated rings. The van der Waals surface area contributed by atoms with Crippen LogP contribution in [-0.4, -0.2) is 29.6 Å². The SMILES string of the molecule is O=C(CNC(=O)c1ccccn1)N/N=C\c1ccc(Cl)cc1Cl. The van der Waals surface area contributed by atoms with Gasteiger partial charge in [0.2, 0.25) is 0 Å². The topological polar surface area (TPSA) is 83.5 Å². The van der Waals surface area contributed by atoms with Gasteiger partial charge in [-0.05, 0) is 24.3 Å². The van der Waals surface area contributed by atoms with Crippen LogP contribution < -0.4 is 10.7 Å². The van der Waals surface area contributed by atoms with Crippen molar-refractivity contribution < 1.29 is 9.59 Å². The number of pyridine rings is 1. The summed E-state index contributed by atoms with van der Waals surface area (Å²) in [5, 5.41) is 7.12. The zero-order valence-electron chi connectivity index (χ0n) is 11.8. The predicted molar refractivity (Wildman–Crippen MR) is 88.8 cm³/mol. The number of amides is 2. The minimum absolute atomic E-state index is 0.221. The predicted octanol–water partition coefficient (Wildman–Crippen LogP) is 2.27. The lowest BCUT2D eigenvalue weighted by Crippen LogP contribution is -2.35. The average molecular weight is 351 g/mol. The first-order valence-electron chi connectivity index (χ1n) is 6.52. The Morgan fingerprint density at radius 2 is 2.04 bits per heavy atom. The summed E-state index contributed by atoms with van der Waals surface area (Å²) in [6.45, 7) is -0.221. The number of aromatic nitrogens is 1. The molecule has 0 radical (unpaired) electrons. The van der Waals surface area contributed by atoms with Crippen molar-refractivity contribution in [1.29, 1.82) is 0 Å². The second-order valence-electron chi connectivity index (χ2n) is 4.36. The van der Waals surface area contributed by atoms with Gasteiger partial charge in [-0.15, -0.1) is 0 Å². The highest BCUT2D eigenvalue weighted by Gasteiger charge is 2.07. The van der Waals surface area contributed by atoms with Crippen LogP contribution >= 0.6 is 23.2 Å². The van der Waals surface area contributed by atoms with Crippen LogP contribution in [-0.2, 0) is 4.79 Å². The van der Waals surface area contributed by atoms with Crippen molar-refractivity contribution in [2.45, 2.75) is 0 Å². The number of nitrogens with zero attached hydrogens (tertiary/aromatic N) is 2. The van der Waals surface area contributed by atoms with E-state index in [1.807, 2.05) is 0 Å². The van der Waals surface area contributed by atoms with E-state index in [4.69, 9.17) is 23.2 Å². The number of benzene rings is 1. The highest BCUT2D eigenvalue weighted by atomic mass is 35.5. The summed E-state index contributed by atoms with van der Waals surface area (Å²) in [5.41, 5.74) is 3.12. The molecule has 1 heterocycles. The maximum absolute atomic E-state index is 11.7. The molecule has 0 atom stereocenters. The Bertz CT molecular complexity index is 736. The number of hydrogen-bond acceptors (Lipinski definition) is 4. The number of hydrazone groups is 1. The zero-order valence-corrected chi connectivity index (χ0v) is 13.3. The summed E-state index contributed by atoms with van der Waals surface area (Å²) in [5.74, 6) is -0.916. The first-order chi connectivity index (χ1) is 11.1. The van der Waals surface area contributed by atoms with Gasteiger partial charge in [0, 0.05) is 16.8 Å².